The lowest BCUT2D eigenvalue weighted by Crippen LogP contribution is -2.30. The largest absolute Gasteiger partial charge is 0.396 e. The van der Waals surface area contributed by atoms with Gasteiger partial charge in [-0.1, -0.05) is 0 Å². The molecule has 0 bridgehead atoms. The van der Waals surface area contributed by atoms with Crippen LogP contribution in [0.25, 0.3) is 0 Å². The molecule has 1 unspecified atom stereocenters. The van der Waals surface area contributed by atoms with Crippen molar-refractivity contribution in [1.82, 2.24) is 9.78 Å². The maximum Gasteiger partial charge on any atom is 0.269 e. The van der Waals surface area contributed by atoms with Crippen molar-refractivity contribution >= 4 is 0 Å². The van der Waals surface area contributed by atoms with Crippen molar-refractivity contribution in [3.63, 3.8) is 0 Å². The number of nitrogens with zero attached hydrogens (tertiary/aromatic N) is 2. The van der Waals surface area contributed by atoms with Crippen molar-refractivity contribution < 1.29 is 9.84 Å². The molecule has 5 heteroatoms. The van der Waals surface area contributed by atoms with Gasteiger partial charge in [-0.15, -0.1) is 0 Å². The van der Waals surface area contributed by atoms with E-state index < -0.39 is 0 Å². The number of hydrogen-bond donors (Lipinski definition) is 1. The van der Waals surface area contributed by atoms with Crippen LogP contribution >= 0.6 is 0 Å². The Hall–Kier alpha value is -1.20. The molecule has 0 radical (unpaired) electrons. The Kier molecular flexibility index (Phi) is 4.28. The lowest BCUT2D eigenvalue weighted by atomic mass is 10.1. The van der Waals surface area contributed by atoms with Gasteiger partial charge in [0.25, 0.3) is 5.56 Å². The summed E-state index contributed by atoms with van der Waals surface area (Å²) in [6.45, 7) is 0.833. The van der Waals surface area contributed by atoms with Crippen LogP contribution in [0.2, 0.25) is 0 Å². The van der Waals surface area contributed by atoms with E-state index in [1.54, 1.807) is 12.3 Å². The van der Waals surface area contributed by atoms with Crippen molar-refractivity contribution in [2.24, 2.45) is 0 Å². The first kappa shape index (κ1) is 12.3. The van der Waals surface area contributed by atoms with Crippen molar-refractivity contribution in [3.8, 4) is 0 Å². The fourth-order valence-corrected chi connectivity index (χ4v) is 2.01. The topological polar surface area (TPSA) is 64.3 Å². The fraction of sp³-hybridized carbons (Fsp3) is 0.667. The number of aliphatic hydroxyl groups is 1. The van der Waals surface area contributed by atoms with Gasteiger partial charge in [0.2, 0.25) is 0 Å². The predicted molar refractivity (Wildman–Crippen MR) is 62.7 cm³/mol. The third-order valence-electron chi connectivity index (χ3n) is 2.93. The number of rotatable bonds is 4. The van der Waals surface area contributed by atoms with Gasteiger partial charge in [-0.05, 0) is 37.7 Å². The highest BCUT2D eigenvalue weighted by molar-refractivity contribution is 5.06. The minimum Gasteiger partial charge on any atom is -0.396 e. The average molecular weight is 238 g/mol. The van der Waals surface area contributed by atoms with Gasteiger partial charge in [-0.25, -0.2) is 4.68 Å². The van der Waals surface area contributed by atoms with E-state index in [0.29, 0.717) is 19.4 Å². The van der Waals surface area contributed by atoms with Crippen molar-refractivity contribution in [2.75, 3.05) is 13.2 Å². The van der Waals surface area contributed by atoms with Crippen molar-refractivity contribution in [1.29, 1.82) is 0 Å². The van der Waals surface area contributed by atoms with Crippen LogP contribution in [0.3, 0.4) is 0 Å². The lowest BCUT2D eigenvalue weighted by Gasteiger charge is -2.23. The molecule has 1 fully saturated rings. The van der Waals surface area contributed by atoms with Crippen LogP contribution in [0, 0.1) is 0 Å². The molecule has 5 nitrogen and oxygen atoms in total. The molecule has 17 heavy (non-hydrogen) atoms. The van der Waals surface area contributed by atoms with Crippen molar-refractivity contribution in [3.05, 3.63) is 28.2 Å². The summed E-state index contributed by atoms with van der Waals surface area (Å²) in [5, 5.41) is 12.9. The molecule has 1 aromatic heterocycles. The zero-order valence-corrected chi connectivity index (χ0v) is 9.84. The Morgan fingerprint density at radius 3 is 3.06 bits per heavy atom. The second kappa shape index (κ2) is 5.93. The maximum atomic E-state index is 11.9. The molecule has 0 amide bonds. The van der Waals surface area contributed by atoms with E-state index in [2.05, 4.69) is 5.10 Å². The summed E-state index contributed by atoms with van der Waals surface area (Å²) < 4.78 is 6.94. The molecule has 2 rings (SSSR count). The second-order valence-electron chi connectivity index (χ2n) is 4.30. The summed E-state index contributed by atoms with van der Waals surface area (Å²) >= 11 is 0. The number of aryl methyl sites for hydroxylation is 1. The molecule has 1 aliphatic heterocycles. The summed E-state index contributed by atoms with van der Waals surface area (Å²) in [6, 6.07) is 1.58. The van der Waals surface area contributed by atoms with Crippen molar-refractivity contribution in [2.45, 2.75) is 38.3 Å². The van der Waals surface area contributed by atoms with Gasteiger partial charge in [0.05, 0.1) is 6.20 Å². The molecular weight excluding hydrogens is 220 g/mol. The van der Waals surface area contributed by atoms with Gasteiger partial charge in [0.1, 0.15) is 0 Å². The normalized spacial score (nSPS) is 20.4. The average Bonchev–Trinajstić information content (AvgIpc) is 2.37. The minimum atomic E-state index is -0.205. The van der Waals surface area contributed by atoms with Crippen LogP contribution in [0.5, 0.6) is 0 Å². The Balaban J connectivity index is 2.10. The quantitative estimate of drug-likeness (QED) is 0.845. The monoisotopic (exact) mass is 238 g/mol. The molecule has 0 aliphatic carbocycles. The van der Waals surface area contributed by atoms with Gasteiger partial charge < -0.3 is 9.84 Å². The van der Waals surface area contributed by atoms with Crippen LogP contribution in [0.4, 0.5) is 0 Å². The van der Waals surface area contributed by atoms with Crippen LogP contribution in [0.15, 0.2) is 17.1 Å². The van der Waals surface area contributed by atoms with E-state index in [1.165, 1.54) is 4.68 Å². The molecule has 1 N–H and O–H groups in total. The van der Waals surface area contributed by atoms with E-state index in [4.69, 9.17) is 9.84 Å². The third kappa shape index (κ3) is 3.14. The number of aromatic nitrogens is 2. The zero-order chi connectivity index (χ0) is 12.1. The second-order valence-corrected chi connectivity index (χ2v) is 4.30. The highest BCUT2D eigenvalue weighted by atomic mass is 16.5. The fourth-order valence-electron chi connectivity index (χ4n) is 2.01. The van der Waals surface area contributed by atoms with Crippen LogP contribution in [0.1, 0.15) is 37.5 Å². The Morgan fingerprint density at radius 2 is 2.41 bits per heavy atom. The summed E-state index contributed by atoms with van der Waals surface area (Å²) in [4.78, 5) is 11.9. The Labute approximate surface area is 100 Å². The van der Waals surface area contributed by atoms with Gasteiger partial charge in [-0.2, -0.15) is 5.10 Å². The van der Waals surface area contributed by atoms with E-state index in [0.717, 1.165) is 24.8 Å². The van der Waals surface area contributed by atoms with Crippen LogP contribution < -0.4 is 5.56 Å². The molecular formula is C12H18N2O3. The lowest BCUT2D eigenvalue weighted by molar-refractivity contribution is -0.0425. The highest BCUT2D eigenvalue weighted by Crippen LogP contribution is 2.19. The summed E-state index contributed by atoms with van der Waals surface area (Å²) in [5.41, 5.74) is 0.753. The number of hydrogen-bond acceptors (Lipinski definition) is 4. The van der Waals surface area contributed by atoms with Crippen LogP contribution in [-0.2, 0) is 11.2 Å². The molecule has 0 saturated carbocycles. The molecule has 1 aliphatic rings. The molecule has 1 saturated heterocycles. The van der Waals surface area contributed by atoms with Gasteiger partial charge in [0, 0.05) is 19.3 Å². The standard InChI is InChI=1S/C12H18N2O3/c15-6-3-4-10-8-11(16)14(13-9-10)12-5-1-2-7-17-12/h8-9,12,15H,1-7H2. The van der Waals surface area contributed by atoms with Gasteiger partial charge >= 0.3 is 0 Å². The van der Waals surface area contributed by atoms with E-state index in [-0.39, 0.29) is 18.4 Å². The first-order valence-electron chi connectivity index (χ1n) is 6.11. The summed E-state index contributed by atoms with van der Waals surface area (Å²) in [5.74, 6) is 0. The summed E-state index contributed by atoms with van der Waals surface area (Å²) in [6.07, 6.45) is 5.81. The first-order valence-corrected chi connectivity index (χ1v) is 6.11. The number of ether oxygens (including phenoxy) is 1. The minimum absolute atomic E-state index is 0.118. The first-order chi connectivity index (χ1) is 8.31. The number of aliphatic hydroxyl groups excluding tert-OH is 1. The molecule has 0 aromatic carbocycles. The molecule has 1 aromatic rings. The van der Waals surface area contributed by atoms with Gasteiger partial charge in [0.15, 0.2) is 6.23 Å². The third-order valence-corrected chi connectivity index (χ3v) is 2.93. The van der Waals surface area contributed by atoms with E-state index in [1.807, 2.05) is 0 Å². The Morgan fingerprint density at radius 1 is 1.53 bits per heavy atom. The highest BCUT2D eigenvalue weighted by Gasteiger charge is 2.17. The SMILES string of the molecule is O=c1cc(CCCO)cnn1C1CCCCO1. The predicted octanol–water partition coefficient (Wildman–Crippen LogP) is 0.867. The molecule has 0 spiro atoms. The molecule has 94 valence electrons. The maximum absolute atomic E-state index is 11.9. The molecule has 2 heterocycles. The van der Waals surface area contributed by atoms with E-state index >= 15 is 0 Å². The van der Waals surface area contributed by atoms with Gasteiger partial charge in [-0.3, -0.25) is 4.79 Å². The molecule has 1 atom stereocenters. The summed E-state index contributed by atoms with van der Waals surface area (Å²) in [7, 11) is 0. The smallest absolute Gasteiger partial charge is 0.269 e. The van der Waals surface area contributed by atoms with E-state index in [9.17, 15) is 4.79 Å². The Bertz CT molecular complexity index is 410. The zero-order valence-electron chi connectivity index (χ0n) is 9.84. The van der Waals surface area contributed by atoms with Crippen LogP contribution in [-0.4, -0.2) is 28.1 Å².